The summed E-state index contributed by atoms with van der Waals surface area (Å²) >= 11 is 0. The van der Waals surface area contributed by atoms with Crippen LogP contribution in [0.15, 0.2) is 42.5 Å². The summed E-state index contributed by atoms with van der Waals surface area (Å²) < 4.78 is 4.61. The van der Waals surface area contributed by atoms with Crippen molar-refractivity contribution in [1.29, 1.82) is 0 Å². The van der Waals surface area contributed by atoms with Gasteiger partial charge in [0, 0.05) is 0 Å². The van der Waals surface area contributed by atoms with Crippen LogP contribution in [-0.2, 0) is 36.8 Å². The molecule has 0 saturated heterocycles. The fourth-order valence-corrected chi connectivity index (χ4v) is 2.93. The van der Waals surface area contributed by atoms with Gasteiger partial charge in [0.05, 0.1) is 6.04 Å². The summed E-state index contributed by atoms with van der Waals surface area (Å²) in [5.41, 5.74) is 12.7. The highest BCUT2D eigenvalue weighted by Gasteiger charge is 2.23. The minimum atomic E-state index is -1.23. The van der Waals surface area contributed by atoms with Crippen LogP contribution in [0.1, 0.15) is 18.1 Å². The van der Waals surface area contributed by atoms with Crippen LogP contribution >= 0.6 is 0 Å². The Morgan fingerprint density at radius 1 is 0.857 bits per heavy atom. The first-order valence-electron chi connectivity index (χ1n) is 10.6. The Morgan fingerprint density at radius 2 is 1.46 bits per heavy atom. The smallest absolute Gasteiger partial charge is 0.333 e. The summed E-state index contributed by atoms with van der Waals surface area (Å²) in [7, 11) is 0. The lowest BCUT2D eigenvalue weighted by Gasteiger charge is -2.17. The predicted octanol–water partition coefficient (Wildman–Crippen LogP) is -1.07. The highest BCUT2D eigenvalue weighted by molar-refractivity contribution is 5.93. The third-order valence-electron chi connectivity index (χ3n) is 4.90. The van der Waals surface area contributed by atoms with Gasteiger partial charge in [-0.2, -0.15) is 0 Å². The fraction of sp³-hybridized carbons (Fsp3) is 0.304. The number of hydrogen-bond donors (Lipinski definition) is 7. The average molecular weight is 488 g/mol. The van der Waals surface area contributed by atoms with Gasteiger partial charge >= 0.3 is 11.9 Å². The van der Waals surface area contributed by atoms with Crippen LogP contribution in [0.2, 0.25) is 0 Å². The third-order valence-corrected chi connectivity index (χ3v) is 4.90. The van der Waals surface area contributed by atoms with Crippen molar-refractivity contribution in [2.75, 3.05) is 6.54 Å². The number of esters is 2. The van der Waals surface area contributed by atoms with Crippen LogP contribution in [0.5, 0.6) is 17.2 Å². The number of rotatable bonds is 10. The normalized spacial score (nSPS) is 13.2. The van der Waals surface area contributed by atoms with Crippen molar-refractivity contribution in [2.45, 2.75) is 37.9 Å². The number of hydrogen-bond acceptors (Lipinski definition) is 10. The second kappa shape index (κ2) is 12.3. The first-order chi connectivity index (χ1) is 16.5. The van der Waals surface area contributed by atoms with Gasteiger partial charge in [-0.05, 0) is 55.2 Å². The maximum Gasteiger partial charge on any atom is 0.333 e. The molecule has 2 aromatic rings. The first-order valence-corrected chi connectivity index (χ1v) is 10.6. The first kappa shape index (κ1) is 27.1. The van der Waals surface area contributed by atoms with Crippen LogP contribution < -0.4 is 22.1 Å². The Kier molecular flexibility index (Phi) is 9.55. The minimum Gasteiger partial charge on any atom is -0.508 e. The monoisotopic (exact) mass is 488 g/mol. The molecule has 2 rings (SSSR count). The molecule has 0 aliphatic carbocycles. The van der Waals surface area contributed by atoms with Crippen molar-refractivity contribution in [2.24, 2.45) is 11.5 Å². The molecule has 0 saturated carbocycles. The van der Waals surface area contributed by atoms with Gasteiger partial charge in [0.25, 0.3) is 0 Å². The minimum absolute atomic E-state index is 0.0697. The highest BCUT2D eigenvalue weighted by atomic mass is 16.6. The molecule has 2 aromatic carbocycles. The fourth-order valence-electron chi connectivity index (χ4n) is 2.93. The molecule has 188 valence electrons. The van der Waals surface area contributed by atoms with Crippen molar-refractivity contribution in [3.8, 4) is 17.2 Å². The maximum absolute atomic E-state index is 12.2. The zero-order valence-corrected chi connectivity index (χ0v) is 18.9. The average Bonchev–Trinajstić information content (AvgIpc) is 2.81. The van der Waals surface area contributed by atoms with Gasteiger partial charge in [0.2, 0.25) is 11.8 Å². The van der Waals surface area contributed by atoms with E-state index in [2.05, 4.69) is 15.4 Å². The summed E-state index contributed by atoms with van der Waals surface area (Å²) in [6.07, 6.45) is 0.110. The van der Waals surface area contributed by atoms with E-state index in [0.717, 1.165) is 5.56 Å². The number of nitrogens with one attached hydrogen (secondary N) is 2. The molecule has 0 aromatic heterocycles. The number of benzene rings is 2. The summed E-state index contributed by atoms with van der Waals surface area (Å²) in [6, 6.07) is 6.84. The van der Waals surface area contributed by atoms with Crippen LogP contribution in [0.3, 0.4) is 0 Å². The van der Waals surface area contributed by atoms with Gasteiger partial charge < -0.3 is 42.2 Å². The van der Waals surface area contributed by atoms with Crippen molar-refractivity contribution in [1.82, 2.24) is 10.6 Å². The number of aromatic hydroxyl groups is 3. The topological polar surface area (TPSA) is 214 Å². The number of carbonyl (C=O) groups excluding carboxylic acids is 4. The van der Waals surface area contributed by atoms with Gasteiger partial charge in [-0.25, -0.2) is 9.59 Å². The molecule has 35 heavy (non-hydrogen) atoms. The van der Waals surface area contributed by atoms with Gasteiger partial charge in [0.1, 0.15) is 24.4 Å². The Hall–Kier alpha value is -4.16. The SMILES string of the molecule is C[C@@H](NC(=O)[C@@H](N)Cc1ccc(O)cc1)C(=O)NCC(=O)OC(=O)[C@@H](N)Cc1ccc(O)c(O)c1. The van der Waals surface area contributed by atoms with Gasteiger partial charge in [0.15, 0.2) is 11.5 Å². The number of nitrogens with two attached hydrogens (primary N) is 2. The second-order valence-corrected chi connectivity index (χ2v) is 7.85. The zero-order valence-electron chi connectivity index (χ0n) is 18.9. The standard InChI is InChI=1S/C23H28N4O8/c1-12(27-22(33)16(24)8-13-2-5-15(28)6-3-13)21(32)26-11-20(31)35-23(34)17(25)9-14-4-7-18(29)19(30)10-14/h2-7,10,12,16-17,28-30H,8-9,11,24-25H2,1H3,(H,26,32)(H,27,33)/t12-,16+,17+/m1/s1. The van der Waals surface area contributed by atoms with Crippen molar-refractivity contribution in [3.63, 3.8) is 0 Å². The van der Waals surface area contributed by atoms with E-state index in [1.54, 1.807) is 12.1 Å². The second-order valence-electron chi connectivity index (χ2n) is 7.85. The maximum atomic E-state index is 12.2. The molecule has 0 fully saturated rings. The van der Waals surface area contributed by atoms with E-state index in [9.17, 15) is 34.5 Å². The van der Waals surface area contributed by atoms with Crippen LogP contribution in [0.25, 0.3) is 0 Å². The van der Waals surface area contributed by atoms with E-state index in [1.165, 1.54) is 37.3 Å². The zero-order chi connectivity index (χ0) is 26.1. The lowest BCUT2D eigenvalue weighted by molar-refractivity contribution is -0.160. The Morgan fingerprint density at radius 3 is 2.09 bits per heavy atom. The molecule has 0 bridgehead atoms. The molecule has 0 aliphatic heterocycles. The number of ether oxygens (including phenoxy) is 1. The number of phenolic OH excluding ortho intramolecular Hbond substituents is 3. The summed E-state index contributed by atoms with van der Waals surface area (Å²) in [5.74, 6) is -4.04. The molecule has 0 radical (unpaired) electrons. The van der Waals surface area contributed by atoms with Crippen molar-refractivity contribution >= 4 is 23.8 Å². The Bertz CT molecular complexity index is 1070. The van der Waals surface area contributed by atoms with Crippen LogP contribution in [0, 0.1) is 0 Å². The molecule has 3 atom stereocenters. The van der Waals surface area contributed by atoms with Gasteiger partial charge in [-0.15, -0.1) is 0 Å². The highest BCUT2D eigenvalue weighted by Crippen LogP contribution is 2.25. The predicted molar refractivity (Wildman–Crippen MR) is 123 cm³/mol. The largest absolute Gasteiger partial charge is 0.508 e. The molecule has 2 amide bonds. The summed E-state index contributed by atoms with van der Waals surface area (Å²) in [5, 5.41) is 32.7. The van der Waals surface area contributed by atoms with E-state index < -0.39 is 48.4 Å². The molecule has 0 heterocycles. The molecule has 0 unspecified atom stereocenters. The Balaban J connectivity index is 1.74. The Labute approximate surface area is 200 Å². The van der Waals surface area contributed by atoms with E-state index in [-0.39, 0.29) is 30.1 Å². The molecule has 9 N–H and O–H groups in total. The van der Waals surface area contributed by atoms with Gasteiger partial charge in [-0.1, -0.05) is 18.2 Å². The van der Waals surface area contributed by atoms with E-state index in [0.29, 0.717) is 5.56 Å². The molecule has 0 spiro atoms. The van der Waals surface area contributed by atoms with E-state index >= 15 is 0 Å². The number of phenols is 3. The molecular formula is C23H28N4O8. The van der Waals surface area contributed by atoms with Crippen LogP contribution in [0.4, 0.5) is 0 Å². The molecule has 12 heteroatoms. The number of carbonyl (C=O) groups is 4. The van der Waals surface area contributed by atoms with Crippen LogP contribution in [-0.4, -0.2) is 63.7 Å². The lowest BCUT2D eigenvalue weighted by Crippen LogP contribution is -2.51. The molecular weight excluding hydrogens is 460 g/mol. The van der Waals surface area contributed by atoms with Crippen molar-refractivity contribution in [3.05, 3.63) is 53.6 Å². The van der Waals surface area contributed by atoms with Gasteiger partial charge in [-0.3, -0.25) is 9.59 Å². The molecule has 12 nitrogen and oxygen atoms in total. The number of amides is 2. The summed E-state index contributed by atoms with van der Waals surface area (Å²) in [4.78, 5) is 48.3. The molecule has 0 aliphatic rings. The van der Waals surface area contributed by atoms with Crippen molar-refractivity contribution < 1.29 is 39.2 Å². The van der Waals surface area contributed by atoms with E-state index in [4.69, 9.17) is 11.5 Å². The quantitative estimate of drug-likeness (QED) is 0.122. The lowest BCUT2D eigenvalue weighted by atomic mass is 10.1. The third kappa shape index (κ3) is 8.61. The summed E-state index contributed by atoms with van der Waals surface area (Å²) in [6.45, 7) is 0.747. The van der Waals surface area contributed by atoms with E-state index in [1.807, 2.05) is 0 Å².